The number of pyridine rings is 1. The van der Waals surface area contributed by atoms with Gasteiger partial charge in [0.2, 0.25) is 0 Å². The summed E-state index contributed by atoms with van der Waals surface area (Å²) < 4.78 is 0. The van der Waals surface area contributed by atoms with Crippen molar-refractivity contribution < 1.29 is 0 Å². The second-order valence-electron chi connectivity index (χ2n) is 3.34. The predicted molar refractivity (Wildman–Crippen MR) is 56.0 cm³/mol. The Kier molecular flexibility index (Phi) is 2.62. The number of hydrogen-bond donors (Lipinski definition) is 1. The lowest BCUT2D eigenvalue weighted by atomic mass is 10.3. The Labute approximate surface area is 83.7 Å². The van der Waals surface area contributed by atoms with Crippen LogP contribution in [0.5, 0.6) is 0 Å². The molecule has 1 N–H and O–H groups in total. The fraction of sp³-hybridized carbons (Fsp3) is 0.400. The minimum Gasteiger partial charge on any atom is -0.352 e. The second-order valence-corrected chi connectivity index (χ2v) is 3.34. The van der Waals surface area contributed by atoms with Crippen molar-refractivity contribution in [2.24, 2.45) is 4.99 Å². The quantitative estimate of drug-likeness (QED) is 0.737. The fourth-order valence-electron chi connectivity index (χ4n) is 1.41. The van der Waals surface area contributed by atoms with Crippen LogP contribution in [0.15, 0.2) is 29.5 Å². The van der Waals surface area contributed by atoms with E-state index in [0.29, 0.717) is 0 Å². The van der Waals surface area contributed by atoms with E-state index in [4.69, 9.17) is 0 Å². The molecule has 2 rings (SSSR count). The maximum atomic E-state index is 4.34. The largest absolute Gasteiger partial charge is 0.352 e. The third-order valence-corrected chi connectivity index (χ3v) is 2.23. The van der Waals surface area contributed by atoms with Gasteiger partial charge < -0.3 is 10.2 Å². The van der Waals surface area contributed by atoms with E-state index in [0.717, 1.165) is 25.6 Å². The number of guanidine groups is 1. The molecule has 74 valence electrons. The molecule has 1 aromatic rings. The Bertz CT molecular complexity index is 320. The Hall–Kier alpha value is -1.58. The molecule has 1 aromatic heterocycles. The maximum Gasteiger partial charge on any atom is 0.194 e. The summed E-state index contributed by atoms with van der Waals surface area (Å²) in [7, 11) is 2.04. The van der Waals surface area contributed by atoms with Gasteiger partial charge in [-0.1, -0.05) is 6.07 Å². The average molecular weight is 190 g/mol. The highest BCUT2D eigenvalue weighted by Crippen LogP contribution is 1.98. The summed E-state index contributed by atoms with van der Waals surface area (Å²) in [6, 6.07) is 3.99. The van der Waals surface area contributed by atoms with Crippen LogP contribution in [0, 0.1) is 0 Å². The molecule has 1 aliphatic heterocycles. The van der Waals surface area contributed by atoms with Crippen molar-refractivity contribution in [2.45, 2.75) is 6.54 Å². The third-order valence-electron chi connectivity index (χ3n) is 2.23. The van der Waals surface area contributed by atoms with E-state index in [-0.39, 0.29) is 0 Å². The van der Waals surface area contributed by atoms with Crippen LogP contribution in [0.3, 0.4) is 0 Å². The van der Waals surface area contributed by atoms with Crippen LogP contribution in [0.2, 0.25) is 0 Å². The molecule has 0 amide bonds. The second kappa shape index (κ2) is 4.09. The van der Waals surface area contributed by atoms with Crippen molar-refractivity contribution in [1.29, 1.82) is 0 Å². The standard InChI is InChI=1S/C10H14N4/c1-14-6-5-12-10(14)13-8-9-3-2-4-11-7-9/h2-4,7H,5-6,8H2,1H3,(H,12,13). The molecule has 0 radical (unpaired) electrons. The zero-order chi connectivity index (χ0) is 9.80. The molecule has 0 spiro atoms. The molecule has 0 bridgehead atoms. The summed E-state index contributed by atoms with van der Waals surface area (Å²) in [5.41, 5.74) is 1.18. The van der Waals surface area contributed by atoms with Crippen LogP contribution in [-0.2, 0) is 6.54 Å². The monoisotopic (exact) mass is 190 g/mol. The average Bonchev–Trinajstić information content (AvgIpc) is 2.63. The number of rotatable bonds is 2. The van der Waals surface area contributed by atoms with Crippen molar-refractivity contribution in [3.63, 3.8) is 0 Å². The van der Waals surface area contributed by atoms with Gasteiger partial charge in [0, 0.05) is 32.5 Å². The summed E-state index contributed by atoms with van der Waals surface area (Å²) in [6.45, 7) is 2.69. The molecule has 0 aromatic carbocycles. The van der Waals surface area contributed by atoms with Gasteiger partial charge in [0.15, 0.2) is 5.96 Å². The zero-order valence-electron chi connectivity index (χ0n) is 8.27. The molecule has 0 saturated carbocycles. The predicted octanol–water partition coefficient (Wildman–Crippen LogP) is 0.473. The number of hydrogen-bond acceptors (Lipinski definition) is 4. The van der Waals surface area contributed by atoms with Gasteiger partial charge >= 0.3 is 0 Å². The number of aromatic nitrogens is 1. The van der Waals surface area contributed by atoms with Gasteiger partial charge in [-0.2, -0.15) is 0 Å². The molecule has 0 saturated heterocycles. The molecule has 2 heterocycles. The van der Waals surface area contributed by atoms with Gasteiger partial charge in [0.25, 0.3) is 0 Å². The first-order valence-electron chi connectivity index (χ1n) is 4.74. The first-order valence-corrected chi connectivity index (χ1v) is 4.74. The van der Waals surface area contributed by atoms with Crippen molar-refractivity contribution >= 4 is 5.96 Å². The Balaban J connectivity index is 1.89. The van der Waals surface area contributed by atoms with Crippen LogP contribution in [0.4, 0.5) is 0 Å². The van der Waals surface area contributed by atoms with Crippen LogP contribution >= 0.6 is 0 Å². The van der Waals surface area contributed by atoms with Crippen molar-refractivity contribution in [2.75, 3.05) is 20.1 Å². The summed E-state index contributed by atoms with van der Waals surface area (Å²) >= 11 is 0. The van der Waals surface area contributed by atoms with Gasteiger partial charge in [-0.25, -0.2) is 0 Å². The van der Waals surface area contributed by atoms with Gasteiger partial charge in [-0.15, -0.1) is 0 Å². The van der Waals surface area contributed by atoms with Gasteiger partial charge in [0.05, 0.1) is 6.54 Å². The lowest BCUT2D eigenvalue weighted by Gasteiger charge is -2.14. The molecule has 0 aliphatic carbocycles. The van der Waals surface area contributed by atoms with E-state index >= 15 is 0 Å². The molecule has 4 heteroatoms. The van der Waals surface area contributed by atoms with Crippen molar-refractivity contribution in [1.82, 2.24) is 15.2 Å². The Morgan fingerprint density at radius 2 is 2.50 bits per heavy atom. The first-order chi connectivity index (χ1) is 6.86. The molecular formula is C10H14N4. The van der Waals surface area contributed by atoms with Crippen LogP contribution < -0.4 is 5.32 Å². The number of nitrogens with zero attached hydrogens (tertiary/aromatic N) is 3. The minimum absolute atomic E-state index is 0.789. The van der Waals surface area contributed by atoms with E-state index in [1.807, 2.05) is 19.3 Å². The normalized spacial score (nSPS) is 15.5. The number of likely N-dealkylation sites (N-methyl/N-ethyl adjacent to an activating group) is 1. The van der Waals surface area contributed by atoms with Crippen LogP contribution in [0.1, 0.15) is 5.56 Å². The summed E-state index contributed by atoms with van der Waals surface area (Å²) in [4.78, 5) is 10.5. The highest BCUT2D eigenvalue weighted by atomic mass is 15.3. The van der Waals surface area contributed by atoms with Gasteiger partial charge in [0.1, 0.15) is 0 Å². The minimum atomic E-state index is 0.789. The lowest BCUT2D eigenvalue weighted by Crippen LogP contribution is -2.35. The lowest BCUT2D eigenvalue weighted by molar-refractivity contribution is 0.534. The maximum absolute atomic E-state index is 4.34. The van der Waals surface area contributed by atoms with Crippen molar-refractivity contribution in [3.05, 3.63) is 30.1 Å². The summed E-state index contributed by atoms with van der Waals surface area (Å²) in [5.74, 6) is 0.980. The van der Waals surface area contributed by atoms with E-state index < -0.39 is 0 Å². The molecule has 0 unspecified atom stereocenters. The molecule has 14 heavy (non-hydrogen) atoms. The molecule has 0 fully saturated rings. The fourth-order valence-corrected chi connectivity index (χ4v) is 1.41. The van der Waals surface area contributed by atoms with E-state index in [2.05, 4.69) is 26.3 Å². The SMILES string of the molecule is CN1CCN=C1NCc1cccnc1. The topological polar surface area (TPSA) is 40.5 Å². The number of nitrogens with one attached hydrogen (secondary N) is 1. The molecule has 0 atom stereocenters. The van der Waals surface area contributed by atoms with Gasteiger partial charge in [-0.05, 0) is 11.6 Å². The van der Waals surface area contributed by atoms with E-state index in [1.165, 1.54) is 5.56 Å². The Morgan fingerprint density at radius 3 is 3.14 bits per heavy atom. The highest BCUT2D eigenvalue weighted by molar-refractivity contribution is 5.81. The van der Waals surface area contributed by atoms with E-state index in [1.54, 1.807) is 6.20 Å². The summed E-state index contributed by atoms with van der Waals surface area (Å²) in [5, 5.41) is 3.28. The third kappa shape index (κ3) is 2.02. The van der Waals surface area contributed by atoms with Crippen LogP contribution in [0.25, 0.3) is 0 Å². The smallest absolute Gasteiger partial charge is 0.194 e. The van der Waals surface area contributed by atoms with E-state index in [9.17, 15) is 0 Å². The first kappa shape index (κ1) is 8.99. The number of aliphatic imine (C=N–C) groups is 1. The molecular weight excluding hydrogens is 176 g/mol. The zero-order valence-corrected chi connectivity index (χ0v) is 8.27. The summed E-state index contributed by atoms with van der Waals surface area (Å²) in [6.07, 6.45) is 3.64. The highest BCUT2D eigenvalue weighted by Gasteiger charge is 2.10. The molecule has 1 aliphatic rings. The Morgan fingerprint density at radius 1 is 1.57 bits per heavy atom. The van der Waals surface area contributed by atoms with Crippen LogP contribution in [-0.4, -0.2) is 36.0 Å². The van der Waals surface area contributed by atoms with Crippen molar-refractivity contribution in [3.8, 4) is 0 Å². The molecule has 4 nitrogen and oxygen atoms in total. The van der Waals surface area contributed by atoms with Gasteiger partial charge in [-0.3, -0.25) is 9.98 Å².